The largest absolute Gasteiger partial charge is 0.417 e. The minimum atomic E-state index is -4.49. The number of hydrogen-bond donors (Lipinski definition) is 2. The second kappa shape index (κ2) is 5.93. The van der Waals surface area contributed by atoms with Gasteiger partial charge in [0.25, 0.3) is 0 Å². The van der Waals surface area contributed by atoms with Crippen molar-refractivity contribution in [2.24, 2.45) is 0 Å². The molecule has 2 aromatic rings. The number of nitrogens with one attached hydrogen (secondary N) is 1. The molecule has 1 aromatic heterocycles. The van der Waals surface area contributed by atoms with E-state index in [0.29, 0.717) is 11.4 Å². The minimum Gasteiger partial charge on any atom is -0.368 e. The summed E-state index contributed by atoms with van der Waals surface area (Å²) in [6.45, 7) is 0.213. The number of aromatic nitrogens is 2. The highest BCUT2D eigenvalue weighted by Gasteiger charge is 2.37. The first kappa shape index (κ1) is 16.7. The van der Waals surface area contributed by atoms with Crippen LogP contribution in [-0.4, -0.2) is 15.7 Å². The second-order valence-corrected chi connectivity index (χ2v) is 7.33. The van der Waals surface area contributed by atoms with Crippen LogP contribution < -0.4 is 16.2 Å². The first-order valence-corrected chi connectivity index (χ1v) is 8.89. The van der Waals surface area contributed by atoms with Gasteiger partial charge in [0.1, 0.15) is 5.03 Å². The first-order chi connectivity index (χ1) is 11.8. The van der Waals surface area contributed by atoms with Gasteiger partial charge < -0.3 is 5.73 Å². The van der Waals surface area contributed by atoms with Crippen molar-refractivity contribution in [1.29, 1.82) is 0 Å². The van der Waals surface area contributed by atoms with Gasteiger partial charge in [-0.3, -0.25) is 5.01 Å². The van der Waals surface area contributed by atoms with Crippen molar-refractivity contribution >= 4 is 35.1 Å². The van der Waals surface area contributed by atoms with Gasteiger partial charge in [0.15, 0.2) is 5.82 Å². The van der Waals surface area contributed by atoms with E-state index in [-0.39, 0.29) is 23.6 Å². The van der Waals surface area contributed by atoms with Crippen LogP contribution in [0.15, 0.2) is 23.2 Å². The van der Waals surface area contributed by atoms with Crippen molar-refractivity contribution in [3.63, 3.8) is 0 Å². The predicted molar refractivity (Wildman–Crippen MR) is 90.3 cm³/mol. The maximum absolute atomic E-state index is 13.1. The molecule has 0 saturated heterocycles. The van der Waals surface area contributed by atoms with Gasteiger partial charge in [-0.25, -0.2) is 10.4 Å². The smallest absolute Gasteiger partial charge is 0.368 e. The lowest BCUT2D eigenvalue weighted by Crippen LogP contribution is -2.34. The SMILES string of the molecule is Nc1nc2c3c(n1)N(Cc1ccc(Cl)c(C(F)(F)F)c1)NC3CCS2. The van der Waals surface area contributed by atoms with E-state index in [4.69, 9.17) is 17.3 Å². The van der Waals surface area contributed by atoms with Crippen molar-refractivity contribution in [2.75, 3.05) is 16.5 Å². The molecule has 0 fully saturated rings. The summed E-state index contributed by atoms with van der Waals surface area (Å²) in [6.07, 6.45) is -3.60. The normalized spacial score (nSPS) is 19.2. The molecule has 0 spiro atoms. The summed E-state index contributed by atoms with van der Waals surface area (Å²) in [5, 5.41) is 2.25. The lowest BCUT2D eigenvalue weighted by molar-refractivity contribution is -0.137. The monoisotopic (exact) mass is 387 g/mol. The Labute approximate surface area is 150 Å². The summed E-state index contributed by atoms with van der Waals surface area (Å²) >= 11 is 7.30. The number of benzene rings is 1. The van der Waals surface area contributed by atoms with Gasteiger partial charge in [0.05, 0.1) is 23.2 Å². The molecule has 0 amide bonds. The molecule has 1 aromatic carbocycles. The van der Waals surface area contributed by atoms with Crippen molar-refractivity contribution in [1.82, 2.24) is 15.4 Å². The summed E-state index contributed by atoms with van der Waals surface area (Å²) in [4.78, 5) is 8.54. The Hall–Kier alpha value is -1.71. The Morgan fingerprint density at radius 1 is 1.36 bits per heavy atom. The summed E-state index contributed by atoms with van der Waals surface area (Å²) in [6, 6.07) is 3.96. The van der Waals surface area contributed by atoms with E-state index in [2.05, 4.69) is 15.4 Å². The molecule has 4 rings (SSSR count). The van der Waals surface area contributed by atoms with Gasteiger partial charge in [-0.1, -0.05) is 17.7 Å². The molecule has 0 saturated carbocycles. The van der Waals surface area contributed by atoms with Crippen LogP contribution in [0.2, 0.25) is 5.02 Å². The standard InChI is InChI=1S/C15H13ClF3N5S/c16-9-2-1-7(5-8(9)15(17,18)19)6-24-12-11-10(23-24)3-4-25-13(11)22-14(20)21-12/h1-2,5,10,23H,3-4,6H2,(H2,20,21,22). The molecule has 3 heterocycles. The topological polar surface area (TPSA) is 67.1 Å². The zero-order valence-corrected chi connectivity index (χ0v) is 14.3. The highest BCUT2D eigenvalue weighted by atomic mass is 35.5. The number of hydrazine groups is 1. The summed E-state index contributed by atoms with van der Waals surface area (Å²) in [7, 11) is 0. The fourth-order valence-electron chi connectivity index (χ4n) is 3.06. The molecule has 3 N–H and O–H groups in total. The van der Waals surface area contributed by atoms with Crippen LogP contribution in [0.4, 0.5) is 24.9 Å². The number of alkyl halides is 3. The van der Waals surface area contributed by atoms with Gasteiger partial charge in [-0.05, 0) is 24.1 Å². The molecule has 10 heteroatoms. The average Bonchev–Trinajstić information content (AvgIpc) is 2.87. The molecule has 2 aliphatic rings. The number of nitrogens with zero attached hydrogens (tertiary/aromatic N) is 3. The van der Waals surface area contributed by atoms with E-state index in [1.807, 2.05) is 0 Å². The third-order valence-electron chi connectivity index (χ3n) is 4.15. The number of hydrogen-bond acceptors (Lipinski definition) is 6. The number of nitrogens with two attached hydrogens (primary N) is 1. The maximum atomic E-state index is 13.1. The maximum Gasteiger partial charge on any atom is 0.417 e. The highest BCUT2D eigenvalue weighted by Crippen LogP contribution is 2.44. The molecule has 0 bridgehead atoms. The number of nitrogen functional groups attached to an aromatic ring is 1. The number of halogens is 4. The van der Waals surface area contributed by atoms with Gasteiger partial charge in [-0.2, -0.15) is 18.2 Å². The van der Waals surface area contributed by atoms with E-state index in [1.165, 1.54) is 6.07 Å². The molecule has 1 atom stereocenters. The fraction of sp³-hybridized carbons (Fsp3) is 0.333. The molecule has 25 heavy (non-hydrogen) atoms. The zero-order valence-electron chi connectivity index (χ0n) is 12.8. The van der Waals surface area contributed by atoms with Crippen LogP contribution in [0.5, 0.6) is 0 Å². The van der Waals surface area contributed by atoms with Gasteiger partial charge in [-0.15, -0.1) is 11.8 Å². The van der Waals surface area contributed by atoms with E-state index in [1.54, 1.807) is 22.8 Å². The van der Waals surface area contributed by atoms with Crippen LogP contribution in [0.25, 0.3) is 0 Å². The minimum absolute atomic E-state index is 0.0567. The van der Waals surface area contributed by atoms with E-state index in [0.717, 1.165) is 28.8 Å². The Kier molecular flexibility index (Phi) is 3.97. The molecule has 2 aliphatic heterocycles. The lowest BCUT2D eigenvalue weighted by atomic mass is 10.1. The molecule has 5 nitrogen and oxygen atoms in total. The summed E-state index contributed by atoms with van der Waals surface area (Å²) < 4.78 is 39.2. The van der Waals surface area contributed by atoms with Gasteiger partial charge >= 0.3 is 6.18 Å². The highest BCUT2D eigenvalue weighted by molar-refractivity contribution is 7.99. The van der Waals surface area contributed by atoms with Crippen LogP contribution in [-0.2, 0) is 12.7 Å². The number of thioether (sulfide) groups is 1. The van der Waals surface area contributed by atoms with E-state index >= 15 is 0 Å². The lowest BCUT2D eigenvalue weighted by Gasteiger charge is -2.21. The van der Waals surface area contributed by atoms with Gasteiger partial charge in [0.2, 0.25) is 5.95 Å². The van der Waals surface area contributed by atoms with Crippen LogP contribution in [0.3, 0.4) is 0 Å². The van der Waals surface area contributed by atoms with Crippen molar-refractivity contribution in [3.8, 4) is 0 Å². The molecular formula is C15H13ClF3N5S. The number of rotatable bonds is 2. The van der Waals surface area contributed by atoms with Crippen LogP contribution in [0, 0.1) is 0 Å². The summed E-state index contributed by atoms with van der Waals surface area (Å²) in [5.74, 6) is 1.68. The van der Waals surface area contributed by atoms with E-state index < -0.39 is 11.7 Å². The third-order valence-corrected chi connectivity index (χ3v) is 5.50. The molecule has 0 radical (unpaired) electrons. The average molecular weight is 388 g/mol. The van der Waals surface area contributed by atoms with Crippen LogP contribution in [0.1, 0.15) is 29.2 Å². The van der Waals surface area contributed by atoms with Gasteiger partial charge in [0, 0.05) is 11.3 Å². The quantitative estimate of drug-likeness (QED) is 0.764. The first-order valence-electron chi connectivity index (χ1n) is 7.52. The number of anilines is 2. The second-order valence-electron chi connectivity index (χ2n) is 5.84. The predicted octanol–water partition coefficient (Wildman–Crippen LogP) is 3.79. The van der Waals surface area contributed by atoms with Crippen LogP contribution >= 0.6 is 23.4 Å². The molecule has 132 valence electrons. The summed E-state index contributed by atoms with van der Waals surface area (Å²) in [5.41, 5.74) is 9.67. The van der Waals surface area contributed by atoms with Crippen molar-refractivity contribution in [3.05, 3.63) is 39.9 Å². The molecule has 1 unspecified atom stereocenters. The van der Waals surface area contributed by atoms with E-state index in [9.17, 15) is 13.2 Å². The Morgan fingerprint density at radius 2 is 2.16 bits per heavy atom. The zero-order chi connectivity index (χ0) is 17.8. The Balaban J connectivity index is 1.68. The van der Waals surface area contributed by atoms with Crippen molar-refractivity contribution in [2.45, 2.75) is 30.2 Å². The molecule has 0 aliphatic carbocycles. The third kappa shape index (κ3) is 3.00. The Bertz CT molecular complexity index is 845. The fourth-order valence-corrected chi connectivity index (χ4v) is 4.38. The molecular weight excluding hydrogens is 375 g/mol. The van der Waals surface area contributed by atoms with Crippen molar-refractivity contribution < 1.29 is 13.2 Å². The Morgan fingerprint density at radius 3 is 2.92 bits per heavy atom.